The second-order valence-corrected chi connectivity index (χ2v) is 6.15. The zero-order valence-electron chi connectivity index (χ0n) is 12.7. The first-order chi connectivity index (χ1) is 10.9. The fraction of sp³-hybridized carbons (Fsp3) is 0.211. The summed E-state index contributed by atoms with van der Waals surface area (Å²) < 4.78 is 5.70. The molecule has 0 bridgehead atoms. The molecule has 0 N–H and O–H groups in total. The maximum atomic E-state index is 5.70. The van der Waals surface area contributed by atoms with Crippen LogP contribution in [0.2, 0.25) is 0 Å². The van der Waals surface area contributed by atoms with Crippen LogP contribution < -0.4 is 4.74 Å². The molecule has 1 aromatic heterocycles. The molecule has 3 heteroatoms. The van der Waals surface area contributed by atoms with E-state index in [2.05, 4.69) is 36.2 Å². The highest BCUT2D eigenvalue weighted by molar-refractivity contribution is 7.18. The molecule has 0 saturated heterocycles. The van der Waals surface area contributed by atoms with Crippen LogP contribution in [0.1, 0.15) is 19.8 Å². The van der Waals surface area contributed by atoms with E-state index in [1.54, 1.807) is 11.3 Å². The van der Waals surface area contributed by atoms with Crippen molar-refractivity contribution in [3.05, 3.63) is 60.8 Å². The second-order valence-electron chi connectivity index (χ2n) is 5.12. The summed E-state index contributed by atoms with van der Waals surface area (Å²) in [6.07, 6.45) is 4.19. The van der Waals surface area contributed by atoms with E-state index in [0.717, 1.165) is 30.2 Å². The zero-order valence-corrected chi connectivity index (χ0v) is 13.5. The molecule has 0 atom stereocenters. The summed E-state index contributed by atoms with van der Waals surface area (Å²) in [5.41, 5.74) is 2.35. The van der Waals surface area contributed by atoms with Crippen molar-refractivity contribution in [2.24, 2.45) is 0 Å². The maximum absolute atomic E-state index is 5.70. The van der Waals surface area contributed by atoms with Crippen LogP contribution in [0.15, 0.2) is 60.8 Å². The van der Waals surface area contributed by atoms with Gasteiger partial charge in [0.2, 0.25) is 0 Å². The summed E-state index contributed by atoms with van der Waals surface area (Å²) in [7, 11) is 0. The summed E-state index contributed by atoms with van der Waals surface area (Å²) in [5, 5.41) is 1.05. The molecule has 0 aliphatic rings. The SMILES string of the molecule is CCCCOc1ccc(-c2cnc(-c3ccccc3)s2)cc1. The number of rotatable bonds is 6. The van der Waals surface area contributed by atoms with Gasteiger partial charge in [-0.3, -0.25) is 0 Å². The molecule has 1 heterocycles. The van der Waals surface area contributed by atoms with Crippen LogP contribution in [0.5, 0.6) is 5.75 Å². The molecule has 0 radical (unpaired) electrons. The third kappa shape index (κ3) is 3.55. The Morgan fingerprint density at radius 2 is 1.73 bits per heavy atom. The van der Waals surface area contributed by atoms with Gasteiger partial charge in [-0.1, -0.05) is 43.7 Å². The minimum Gasteiger partial charge on any atom is -0.494 e. The topological polar surface area (TPSA) is 22.1 Å². The van der Waals surface area contributed by atoms with Crippen molar-refractivity contribution in [3.63, 3.8) is 0 Å². The Morgan fingerprint density at radius 3 is 2.45 bits per heavy atom. The van der Waals surface area contributed by atoms with E-state index in [4.69, 9.17) is 4.74 Å². The van der Waals surface area contributed by atoms with Crippen molar-refractivity contribution in [2.45, 2.75) is 19.8 Å². The van der Waals surface area contributed by atoms with E-state index in [0.29, 0.717) is 0 Å². The summed E-state index contributed by atoms with van der Waals surface area (Å²) in [6.45, 7) is 2.95. The molecule has 3 aromatic rings. The normalized spacial score (nSPS) is 10.6. The minimum absolute atomic E-state index is 0.786. The number of hydrogen-bond donors (Lipinski definition) is 0. The Morgan fingerprint density at radius 1 is 0.955 bits per heavy atom. The molecule has 3 rings (SSSR count). The molecule has 0 saturated carbocycles. The zero-order chi connectivity index (χ0) is 15.2. The Balaban J connectivity index is 1.73. The smallest absolute Gasteiger partial charge is 0.123 e. The molecule has 0 fully saturated rings. The van der Waals surface area contributed by atoms with Gasteiger partial charge in [-0.2, -0.15) is 0 Å². The lowest BCUT2D eigenvalue weighted by Crippen LogP contribution is -1.95. The third-order valence-electron chi connectivity index (χ3n) is 3.43. The summed E-state index contributed by atoms with van der Waals surface area (Å²) in [4.78, 5) is 5.71. The predicted molar refractivity (Wildman–Crippen MR) is 93.4 cm³/mol. The molecular weight excluding hydrogens is 290 g/mol. The lowest BCUT2D eigenvalue weighted by atomic mass is 10.2. The molecule has 0 amide bonds. The molecule has 0 unspecified atom stereocenters. The number of unbranched alkanes of at least 4 members (excludes halogenated alkanes) is 1. The first-order valence-electron chi connectivity index (χ1n) is 7.61. The lowest BCUT2D eigenvalue weighted by Gasteiger charge is -2.05. The monoisotopic (exact) mass is 309 g/mol. The number of thiazole rings is 1. The molecule has 0 aliphatic heterocycles. The third-order valence-corrected chi connectivity index (χ3v) is 4.53. The molecule has 0 spiro atoms. The minimum atomic E-state index is 0.786. The summed E-state index contributed by atoms with van der Waals surface area (Å²) >= 11 is 1.71. The van der Waals surface area contributed by atoms with E-state index >= 15 is 0 Å². The maximum Gasteiger partial charge on any atom is 0.123 e. The van der Waals surface area contributed by atoms with Crippen LogP contribution in [-0.4, -0.2) is 11.6 Å². The van der Waals surface area contributed by atoms with E-state index in [9.17, 15) is 0 Å². The van der Waals surface area contributed by atoms with Gasteiger partial charge in [0.1, 0.15) is 10.8 Å². The van der Waals surface area contributed by atoms with Crippen LogP contribution >= 0.6 is 11.3 Å². The second kappa shape index (κ2) is 7.23. The molecular formula is C19H19NOS. The predicted octanol–water partition coefficient (Wildman–Crippen LogP) is 5.66. The van der Waals surface area contributed by atoms with Crippen molar-refractivity contribution < 1.29 is 4.74 Å². The van der Waals surface area contributed by atoms with Crippen molar-refractivity contribution >= 4 is 11.3 Å². The Labute approximate surface area is 135 Å². The van der Waals surface area contributed by atoms with Gasteiger partial charge in [0.05, 0.1) is 11.5 Å². The van der Waals surface area contributed by atoms with Crippen molar-refractivity contribution in [1.29, 1.82) is 0 Å². The molecule has 0 aliphatic carbocycles. The highest BCUT2D eigenvalue weighted by Crippen LogP contribution is 2.32. The standard InChI is InChI=1S/C19H19NOS/c1-2-3-13-21-17-11-9-15(10-12-17)18-14-20-19(22-18)16-7-5-4-6-8-16/h4-12,14H,2-3,13H2,1H3. The van der Waals surface area contributed by atoms with Gasteiger partial charge in [0.15, 0.2) is 0 Å². The lowest BCUT2D eigenvalue weighted by molar-refractivity contribution is 0.309. The van der Waals surface area contributed by atoms with E-state index < -0.39 is 0 Å². The van der Waals surface area contributed by atoms with Gasteiger partial charge in [-0.15, -0.1) is 11.3 Å². The fourth-order valence-corrected chi connectivity index (χ4v) is 3.10. The van der Waals surface area contributed by atoms with Gasteiger partial charge >= 0.3 is 0 Å². The van der Waals surface area contributed by atoms with Gasteiger partial charge in [-0.05, 0) is 36.2 Å². The summed E-state index contributed by atoms with van der Waals surface area (Å²) in [5.74, 6) is 0.935. The average molecular weight is 309 g/mol. The van der Waals surface area contributed by atoms with Gasteiger partial charge < -0.3 is 4.74 Å². The quantitative estimate of drug-likeness (QED) is 0.548. The first-order valence-corrected chi connectivity index (χ1v) is 8.43. The Hall–Kier alpha value is -2.13. The van der Waals surface area contributed by atoms with Crippen LogP contribution in [0.4, 0.5) is 0 Å². The van der Waals surface area contributed by atoms with Crippen molar-refractivity contribution in [1.82, 2.24) is 4.98 Å². The van der Waals surface area contributed by atoms with E-state index in [1.807, 2.05) is 36.5 Å². The number of ether oxygens (including phenoxy) is 1. The van der Waals surface area contributed by atoms with Crippen molar-refractivity contribution in [3.8, 4) is 26.8 Å². The molecule has 2 aromatic carbocycles. The molecule has 22 heavy (non-hydrogen) atoms. The summed E-state index contributed by atoms with van der Waals surface area (Å²) in [6, 6.07) is 18.6. The average Bonchev–Trinajstić information content (AvgIpc) is 3.07. The highest BCUT2D eigenvalue weighted by atomic mass is 32.1. The number of hydrogen-bond acceptors (Lipinski definition) is 3. The van der Waals surface area contributed by atoms with Gasteiger partial charge in [-0.25, -0.2) is 4.98 Å². The Bertz CT molecular complexity index is 704. The van der Waals surface area contributed by atoms with Gasteiger partial charge in [0.25, 0.3) is 0 Å². The fourth-order valence-electron chi connectivity index (χ4n) is 2.17. The van der Waals surface area contributed by atoms with E-state index in [1.165, 1.54) is 16.0 Å². The number of benzene rings is 2. The van der Waals surface area contributed by atoms with Crippen LogP contribution in [0.25, 0.3) is 21.0 Å². The molecule has 2 nitrogen and oxygen atoms in total. The Kier molecular flexibility index (Phi) is 4.86. The first kappa shape index (κ1) is 14.8. The van der Waals surface area contributed by atoms with Crippen LogP contribution in [-0.2, 0) is 0 Å². The number of nitrogens with zero attached hydrogens (tertiary/aromatic N) is 1. The van der Waals surface area contributed by atoms with Gasteiger partial charge in [0, 0.05) is 11.8 Å². The largest absolute Gasteiger partial charge is 0.494 e. The highest BCUT2D eigenvalue weighted by Gasteiger charge is 2.06. The van der Waals surface area contributed by atoms with Crippen LogP contribution in [0, 0.1) is 0 Å². The van der Waals surface area contributed by atoms with Crippen LogP contribution in [0.3, 0.4) is 0 Å². The molecule has 112 valence electrons. The van der Waals surface area contributed by atoms with Crippen molar-refractivity contribution in [2.75, 3.05) is 6.61 Å². The van der Waals surface area contributed by atoms with E-state index in [-0.39, 0.29) is 0 Å². The number of aromatic nitrogens is 1.